The lowest BCUT2D eigenvalue weighted by Crippen LogP contribution is -2.50. The maximum absolute atomic E-state index is 12.2. The molecule has 9 heteroatoms. The highest BCUT2D eigenvalue weighted by Gasteiger charge is 2.32. The molecule has 9 nitrogen and oxygen atoms in total. The van der Waals surface area contributed by atoms with Gasteiger partial charge in [0.15, 0.2) is 0 Å². The Balaban J connectivity index is 2.74. The molecule has 0 aliphatic carbocycles. The molecule has 0 bridgehead atoms. The molecule has 3 amide bonds. The molecule has 1 fully saturated rings. The van der Waals surface area contributed by atoms with Crippen molar-refractivity contribution >= 4 is 23.9 Å². The Morgan fingerprint density at radius 2 is 1.70 bits per heavy atom. The second-order valence-electron chi connectivity index (χ2n) is 4.61. The average Bonchev–Trinajstić information content (AvgIpc) is 2.36. The molecule has 4 N–H and O–H groups in total. The molecule has 1 aliphatic heterocycles. The number of carbonyl (C=O) groups excluding carboxylic acids is 2. The van der Waals surface area contributed by atoms with Crippen molar-refractivity contribution < 1.29 is 29.4 Å². The lowest BCUT2D eigenvalue weighted by Gasteiger charge is -2.33. The van der Waals surface area contributed by atoms with E-state index in [9.17, 15) is 19.2 Å². The fourth-order valence-corrected chi connectivity index (χ4v) is 2.18. The summed E-state index contributed by atoms with van der Waals surface area (Å²) in [6, 6.07) is -0.648. The van der Waals surface area contributed by atoms with Crippen molar-refractivity contribution in [1.29, 1.82) is 0 Å². The molecule has 0 aromatic heterocycles. The van der Waals surface area contributed by atoms with Crippen LogP contribution in [-0.4, -0.2) is 70.1 Å². The van der Waals surface area contributed by atoms with Crippen LogP contribution < -0.4 is 5.73 Å². The Morgan fingerprint density at radius 3 is 2.15 bits per heavy atom. The maximum Gasteiger partial charge on any atom is 0.323 e. The number of hydrogen-bond donors (Lipinski definition) is 3. The van der Waals surface area contributed by atoms with Gasteiger partial charge in [0.25, 0.3) is 0 Å². The summed E-state index contributed by atoms with van der Waals surface area (Å²) in [5.74, 6) is -3.78. The number of hydrogen-bond acceptors (Lipinski definition) is 4. The summed E-state index contributed by atoms with van der Waals surface area (Å²) in [5.41, 5.74) is 5.14. The molecule has 1 rings (SSSR count). The molecule has 1 unspecified atom stereocenters. The van der Waals surface area contributed by atoms with Gasteiger partial charge in [0.05, 0.1) is 5.92 Å². The summed E-state index contributed by atoms with van der Waals surface area (Å²) in [6.07, 6.45) is 1.03. The van der Waals surface area contributed by atoms with Gasteiger partial charge in [-0.1, -0.05) is 0 Å². The van der Waals surface area contributed by atoms with Gasteiger partial charge in [-0.25, -0.2) is 4.79 Å². The third kappa shape index (κ3) is 4.41. The normalized spacial score (nSPS) is 18.4. The number of amides is 3. The summed E-state index contributed by atoms with van der Waals surface area (Å²) < 4.78 is 0. The number of urea groups is 1. The number of carbonyl (C=O) groups is 4. The summed E-state index contributed by atoms with van der Waals surface area (Å²) in [6.45, 7) is -0.836. The minimum Gasteiger partial charge on any atom is -0.480 e. The van der Waals surface area contributed by atoms with Crippen molar-refractivity contribution in [3.05, 3.63) is 0 Å². The van der Waals surface area contributed by atoms with E-state index in [-0.39, 0.29) is 6.54 Å². The van der Waals surface area contributed by atoms with E-state index in [2.05, 4.69) is 0 Å². The first-order valence-corrected chi connectivity index (χ1v) is 6.08. The third-order valence-electron chi connectivity index (χ3n) is 3.05. The number of primary amides is 1. The van der Waals surface area contributed by atoms with Gasteiger partial charge in [-0.15, -0.1) is 0 Å². The van der Waals surface area contributed by atoms with E-state index in [1.807, 2.05) is 0 Å². The predicted octanol–water partition coefficient (Wildman–Crippen LogP) is -1.23. The van der Waals surface area contributed by atoms with Gasteiger partial charge in [-0.3, -0.25) is 14.4 Å². The number of aliphatic carboxylic acids is 2. The first-order chi connectivity index (χ1) is 9.31. The first kappa shape index (κ1) is 15.7. The van der Waals surface area contributed by atoms with Gasteiger partial charge >= 0.3 is 18.0 Å². The zero-order valence-corrected chi connectivity index (χ0v) is 10.8. The van der Waals surface area contributed by atoms with Crippen LogP contribution in [0.4, 0.5) is 4.79 Å². The molecule has 0 spiro atoms. The highest BCUT2D eigenvalue weighted by molar-refractivity contribution is 5.87. The third-order valence-corrected chi connectivity index (χ3v) is 3.05. The van der Waals surface area contributed by atoms with Crippen LogP contribution in [0, 0.1) is 5.92 Å². The standard InChI is InChI=1S/C11H17N3O6/c12-11(20)13-3-1-2-7(4-13)10(19)14(5-8(15)16)6-9(17)18/h7H,1-6H2,(H2,12,20)(H,15,16)(H,17,18). The van der Waals surface area contributed by atoms with Crippen molar-refractivity contribution in [2.24, 2.45) is 11.7 Å². The molecular formula is C11H17N3O6. The van der Waals surface area contributed by atoms with Crippen LogP contribution in [0.5, 0.6) is 0 Å². The smallest absolute Gasteiger partial charge is 0.323 e. The largest absolute Gasteiger partial charge is 0.480 e. The Morgan fingerprint density at radius 1 is 1.15 bits per heavy atom. The lowest BCUT2D eigenvalue weighted by atomic mass is 9.96. The van der Waals surface area contributed by atoms with E-state index in [1.54, 1.807) is 0 Å². The topological polar surface area (TPSA) is 141 Å². The Bertz CT molecular complexity index is 408. The Hall–Kier alpha value is -2.32. The number of rotatable bonds is 5. The van der Waals surface area contributed by atoms with E-state index in [0.717, 1.165) is 4.90 Å². The summed E-state index contributed by atoms with van der Waals surface area (Å²) in [4.78, 5) is 46.7. The predicted molar refractivity (Wildman–Crippen MR) is 65.7 cm³/mol. The van der Waals surface area contributed by atoms with E-state index in [1.165, 1.54) is 4.90 Å². The molecule has 1 heterocycles. The van der Waals surface area contributed by atoms with Gasteiger partial charge in [0, 0.05) is 13.1 Å². The van der Waals surface area contributed by atoms with Crippen LogP contribution in [0.3, 0.4) is 0 Å². The summed E-state index contributed by atoms with van der Waals surface area (Å²) in [5, 5.41) is 17.4. The van der Waals surface area contributed by atoms with Crippen LogP contribution in [0.2, 0.25) is 0 Å². The fourth-order valence-electron chi connectivity index (χ4n) is 2.18. The minimum atomic E-state index is -1.29. The van der Waals surface area contributed by atoms with Crippen LogP contribution in [0.1, 0.15) is 12.8 Å². The SMILES string of the molecule is NC(=O)N1CCCC(C(=O)N(CC(=O)O)CC(=O)O)C1. The van der Waals surface area contributed by atoms with E-state index in [4.69, 9.17) is 15.9 Å². The second-order valence-corrected chi connectivity index (χ2v) is 4.61. The summed E-state index contributed by atoms with van der Waals surface area (Å²) >= 11 is 0. The molecule has 0 aromatic carbocycles. The number of carboxylic acids is 2. The van der Waals surface area contributed by atoms with Crippen molar-refractivity contribution in [3.8, 4) is 0 Å². The van der Waals surface area contributed by atoms with Crippen molar-refractivity contribution in [2.45, 2.75) is 12.8 Å². The van der Waals surface area contributed by atoms with Gasteiger partial charge in [-0.2, -0.15) is 0 Å². The van der Waals surface area contributed by atoms with E-state index in [0.29, 0.717) is 19.4 Å². The number of likely N-dealkylation sites (tertiary alicyclic amines) is 1. The van der Waals surface area contributed by atoms with Crippen LogP contribution in [-0.2, 0) is 14.4 Å². The molecule has 1 aliphatic rings. The van der Waals surface area contributed by atoms with E-state index < -0.39 is 42.9 Å². The molecule has 112 valence electrons. The molecule has 1 atom stereocenters. The highest BCUT2D eigenvalue weighted by Crippen LogP contribution is 2.18. The molecule has 0 saturated carbocycles. The van der Waals surface area contributed by atoms with Gasteiger partial charge in [-0.05, 0) is 12.8 Å². The minimum absolute atomic E-state index is 0.0872. The average molecular weight is 287 g/mol. The second kappa shape index (κ2) is 6.73. The first-order valence-electron chi connectivity index (χ1n) is 6.08. The van der Waals surface area contributed by atoms with Crippen LogP contribution in [0.15, 0.2) is 0 Å². The Labute approximate surface area is 114 Å². The quantitative estimate of drug-likeness (QED) is 0.578. The molecular weight excluding hydrogens is 270 g/mol. The fraction of sp³-hybridized carbons (Fsp3) is 0.636. The van der Waals surface area contributed by atoms with Crippen LogP contribution in [0.25, 0.3) is 0 Å². The monoisotopic (exact) mass is 287 g/mol. The summed E-state index contributed by atoms with van der Waals surface area (Å²) in [7, 11) is 0. The lowest BCUT2D eigenvalue weighted by molar-refractivity contribution is -0.151. The number of nitrogens with two attached hydrogens (primary N) is 1. The highest BCUT2D eigenvalue weighted by atomic mass is 16.4. The van der Waals surface area contributed by atoms with Gasteiger partial charge in [0.2, 0.25) is 5.91 Å². The zero-order chi connectivity index (χ0) is 15.3. The molecule has 1 saturated heterocycles. The van der Waals surface area contributed by atoms with Crippen molar-refractivity contribution in [1.82, 2.24) is 9.80 Å². The molecule has 20 heavy (non-hydrogen) atoms. The van der Waals surface area contributed by atoms with Crippen molar-refractivity contribution in [2.75, 3.05) is 26.2 Å². The van der Waals surface area contributed by atoms with Gasteiger partial charge < -0.3 is 25.7 Å². The number of carboxylic acid groups (broad SMARTS) is 2. The molecule has 0 radical (unpaired) electrons. The van der Waals surface area contributed by atoms with Crippen molar-refractivity contribution in [3.63, 3.8) is 0 Å². The van der Waals surface area contributed by atoms with Gasteiger partial charge in [0.1, 0.15) is 13.1 Å². The van der Waals surface area contributed by atoms with Crippen LogP contribution >= 0.6 is 0 Å². The maximum atomic E-state index is 12.2. The van der Waals surface area contributed by atoms with E-state index >= 15 is 0 Å². The zero-order valence-electron chi connectivity index (χ0n) is 10.8. The molecule has 0 aromatic rings. The Kier molecular flexibility index (Phi) is 5.30. The number of nitrogens with zero attached hydrogens (tertiary/aromatic N) is 2. The number of piperidine rings is 1.